The maximum Gasteiger partial charge on any atom is 0.254 e. The van der Waals surface area contributed by atoms with Gasteiger partial charge < -0.3 is 0 Å². The summed E-state index contributed by atoms with van der Waals surface area (Å²) in [6, 6.07) is 0. The van der Waals surface area contributed by atoms with Crippen LogP contribution in [0.25, 0.3) is 0 Å². The lowest BCUT2D eigenvalue weighted by Crippen LogP contribution is -2.27. The molecule has 0 aromatic carbocycles. The minimum absolute atomic E-state index is 0.115. The van der Waals surface area contributed by atoms with E-state index in [2.05, 4.69) is 0 Å². The zero-order valence-corrected chi connectivity index (χ0v) is 9.47. The van der Waals surface area contributed by atoms with Gasteiger partial charge in [0.1, 0.15) is 0 Å². The fraction of sp³-hybridized carbons (Fsp3) is 0.889. The van der Waals surface area contributed by atoms with Gasteiger partial charge in [-0.1, -0.05) is 18.7 Å². The van der Waals surface area contributed by atoms with E-state index in [1.807, 2.05) is 0 Å². The second kappa shape index (κ2) is 5.72. The van der Waals surface area contributed by atoms with E-state index in [0.29, 0.717) is 6.92 Å². The maximum atomic E-state index is 12.9. The average molecular weight is 246 g/mol. The molecule has 0 saturated carbocycles. The molecule has 0 radical (unpaired) electrons. The fourth-order valence-corrected chi connectivity index (χ4v) is 1.79. The number of hydrogen-bond donors (Lipinski definition) is 0. The van der Waals surface area contributed by atoms with Gasteiger partial charge in [0.15, 0.2) is 5.12 Å². The van der Waals surface area contributed by atoms with Crippen molar-refractivity contribution in [1.29, 1.82) is 0 Å². The molecule has 0 rings (SSSR count). The molecule has 0 atom stereocenters. The largest absolute Gasteiger partial charge is 0.287 e. The van der Waals surface area contributed by atoms with Gasteiger partial charge in [-0.15, -0.1) is 0 Å². The van der Waals surface area contributed by atoms with Crippen LogP contribution in [-0.2, 0) is 4.79 Å². The highest BCUT2D eigenvalue weighted by Gasteiger charge is 2.39. The second-order valence-electron chi connectivity index (χ2n) is 3.43. The zero-order valence-electron chi connectivity index (χ0n) is 8.66. The standard InChI is InChI=1S/C9H14F4OS/c1-3-7(14)15-5-4-9(12,13)6-8(2,10)11/h3-6H2,1-2H3. The maximum absolute atomic E-state index is 12.9. The summed E-state index contributed by atoms with van der Waals surface area (Å²) >= 11 is 0.765. The van der Waals surface area contributed by atoms with E-state index in [9.17, 15) is 22.4 Å². The van der Waals surface area contributed by atoms with E-state index in [0.717, 1.165) is 11.8 Å². The predicted octanol–water partition coefficient (Wildman–Crippen LogP) is 3.73. The molecule has 0 unspecified atom stereocenters. The van der Waals surface area contributed by atoms with Crippen molar-refractivity contribution in [3.63, 3.8) is 0 Å². The van der Waals surface area contributed by atoms with Crippen LogP contribution in [0, 0.1) is 0 Å². The summed E-state index contributed by atoms with van der Waals surface area (Å²) in [6.45, 7) is 2.08. The smallest absolute Gasteiger partial charge is 0.254 e. The SMILES string of the molecule is CCC(=O)SCCC(F)(F)CC(C)(F)F. The summed E-state index contributed by atoms with van der Waals surface area (Å²) in [5.74, 6) is -6.89. The Labute approximate surface area is 90.6 Å². The molecule has 6 heteroatoms. The molecule has 1 nitrogen and oxygen atoms in total. The molecule has 0 aliphatic carbocycles. The Hall–Kier alpha value is -0.260. The van der Waals surface area contributed by atoms with Crippen LogP contribution in [-0.4, -0.2) is 22.7 Å². The molecule has 0 N–H and O–H groups in total. The van der Waals surface area contributed by atoms with Crippen molar-refractivity contribution in [2.75, 3.05) is 5.75 Å². The predicted molar refractivity (Wildman–Crippen MR) is 52.6 cm³/mol. The first-order chi connectivity index (χ1) is 6.66. The molecule has 15 heavy (non-hydrogen) atoms. The van der Waals surface area contributed by atoms with Gasteiger partial charge >= 0.3 is 0 Å². The van der Waals surface area contributed by atoms with Crippen molar-refractivity contribution < 1.29 is 22.4 Å². The van der Waals surface area contributed by atoms with Gasteiger partial charge in [0, 0.05) is 18.6 Å². The van der Waals surface area contributed by atoms with Crippen LogP contribution in [0.1, 0.15) is 33.1 Å². The van der Waals surface area contributed by atoms with Gasteiger partial charge in [0.05, 0.1) is 6.42 Å². The van der Waals surface area contributed by atoms with Crippen LogP contribution < -0.4 is 0 Å². The third-order valence-corrected chi connectivity index (χ3v) is 2.61. The van der Waals surface area contributed by atoms with Crippen LogP contribution in [0.15, 0.2) is 0 Å². The molecule has 0 aliphatic rings. The summed E-state index contributed by atoms with van der Waals surface area (Å²) in [6.07, 6.45) is -1.88. The molecule has 0 saturated heterocycles. The molecule has 0 aromatic heterocycles. The molecule has 0 bridgehead atoms. The first-order valence-electron chi connectivity index (χ1n) is 4.57. The Morgan fingerprint density at radius 1 is 1.27 bits per heavy atom. The molecule has 0 amide bonds. The van der Waals surface area contributed by atoms with Crippen LogP contribution in [0.4, 0.5) is 17.6 Å². The molecule has 0 aliphatic heterocycles. The monoisotopic (exact) mass is 246 g/mol. The number of thioether (sulfide) groups is 1. The average Bonchev–Trinajstić information content (AvgIpc) is 1.98. The highest BCUT2D eigenvalue weighted by molar-refractivity contribution is 8.13. The summed E-state index contributed by atoms with van der Waals surface area (Å²) in [4.78, 5) is 10.8. The molecule has 0 heterocycles. The van der Waals surface area contributed by atoms with Gasteiger partial charge in [-0.3, -0.25) is 4.79 Å². The Morgan fingerprint density at radius 2 is 1.80 bits per heavy atom. The lowest BCUT2D eigenvalue weighted by molar-refractivity contribution is -0.110. The Balaban J connectivity index is 3.89. The molecule has 90 valence electrons. The fourth-order valence-electron chi connectivity index (χ4n) is 0.959. The number of rotatable bonds is 6. The third kappa shape index (κ3) is 8.72. The number of carbonyl (C=O) groups excluding carboxylic acids is 1. The van der Waals surface area contributed by atoms with Crippen molar-refractivity contribution in [3.05, 3.63) is 0 Å². The summed E-state index contributed by atoms with van der Waals surface area (Å²) < 4.78 is 50.4. The van der Waals surface area contributed by atoms with E-state index < -0.39 is 24.7 Å². The highest BCUT2D eigenvalue weighted by Crippen LogP contribution is 2.33. The number of hydrogen-bond acceptors (Lipinski definition) is 2. The first-order valence-corrected chi connectivity index (χ1v) is 5.56. The molecular formula is C9H14F4OS. The zero-order chi connectivity index (χ0) is 12.1. The van der Waals surface area contributed by atoms with Crippen LogP contribution >= 0.6 is 11.8 Å². The minimum atomic E-state index is -3.40. The first kappa shape index (κ1) is 14.7. The Bertz CT molecular complexity index is 213. The van der Waals surface area contributed by atoms with Crippen molar-refractivity contribution in [1.82, 2.24) is 0 Å². The summed E-state index contributed by atoms with van der Waals surface area (Å²) in [5, 5.41) is -0.200. The van der Waals surface area contributed by atoms with E-state index in [1.54, 1.807) is 6.92 Å². The summed E-state index contributed by atoms with van der Waals surface area (Å²) in [5.41, 5.74) is 0. The van der Waals surface area contributed by atoms with Crippen LogP contribution in [0.2, 0.25) is 0 Å². The van der Waals surface area contributed by atoms with Crippen molar-refractivity contribution in [2.24, 2.45) is 0 Å². The lowest BCUT2D eigenvalue weighted by Gasteiger charge is -2.19. The number of halogens is 4. The van der Waals surface area contributed by atoms with Crippen LogP contribution in [0.3, 0.4) is 0 Å². The normalized spacial score (nSPS) is 12.9. The van der Waals surface area contributed by atoms with Gasteiger partial charge in [-0.05, 0) is 6.92 Å². The highest BCUT2D eigenvalue weighted by atomic mass is 32.2. The molecule has 0 fully saturated rings. The lowest BCUT2D eigenvalue weighted by atomic mass is 10.1. The molecule has 0 spiro atoms. The molecule has 0 aromatic rings. The van der Waals surface area contributed by atoms with Gasteiger partial charge in [0.2, 0.25) is 0 Å². The quantitative estimate of drug-likeness (QED) is 0.664. The van der Waals surface area contributed by atoms with Gasteiger partial charge in [-0.25, -0.2) is 17.6 Å². The van der Waals surface area contributed by atoms with Crippen molar-refractivity contribution in [3.8, 4) is 0 Å². The Morgan fingerprint density at radius 3 is 2.20 bits per heavy atom. The van der Waals surface area contributed by atoms with Crippen LogP contribution in [0.5, 0.6) is 0 Å². The Kier molecular flexibility index (Phi) is 5.62. The van der Waals surface area contributed by atoms with Crippen molar-refractivity contribution >= 4 is 16.9 Å². The number of carbonyl (C=O) groups is 1. The van der Waals surface area contributed by atoms with E-state index >= 15 is 0 Å². The minimum Gasteiger partial charge on any atom is -0.287 e. The summed E-state index contributed by atoms with van der Waals surface area (Å²) in [7, 11) is 0. The van der Waals surface area contributed by atoms with Crippen molar-refractivity contribution in [2.45, 2.75) is 45.0 Å². The van der Waals surface area contributed by atoms with Gasteiger partial charge in [-0.2, -0.15) is 0 Å². The third-order valence-electron chi connectivity index (χ3n) is 1.59. The second-order valence-corrected chi connectivity index (χ2v) is 4.58. The topological polar surface area (TPSA) is 17.1 Å². The van der Waals surface area contributed by atoms with E-state index in [-0.39, 0.29) is 17.3 Å². The van der Waals surface area contributed by atoms with Gasteiger partial charge in [0.25, 0.3) is 11.8 Å². The number of alkyl halides is 4. The molecular weight excluding hydrogens is 232 g/mol. The van der Waals surface area contributed by atoms with E-state index in [4.69, 9.17) is 0 Å². The van der Waals surface area contributed by atoms with E-state index in [1.165, 1.54) is 0 Å².